The minimum absolute atomic E-state index is 0.139. The van der Waals surface area contributed by atoms with Gasteiger partial charge < -0.3 is 14.6 Å². The fraction of sp³-hybridized carbons (Fsp3) is 0.385. The molecule has 3 rings (SSSR count). The van der Waals surface area contributed by atoms with Crippen LogP contribution in [0.2, 0.25) is 0 Å². The molecule has 0 amide bonds. The van der Waals surface area contributed by atoms with Crippen molar-refractivity contribution >= 4 is 0 Å². The van der Waals surface area contributed by atoms with Crippen molar-refractivity contribution in [2.45, 2.75) is 18.4 Å². The lowest BCUT2D eigenvalue weighted by Crippen LogP contribution is -2.34. The molecule has 0 saturated carbocycles. The average molecular weight is 279 g/mol. The number of hydrogen-bond acceptors (Lipinski definition) is 5. The SMILES string of the molecule is OCC1COC(Cn2cncn2)(c2ccc(F)cc2)O1. The van der Waals surface area contributed by atoms with Gasteiger partial charge in [-0.2, -0.15) is 5.10 Å². The first kappa shape index (κ1) is 13.2. The van der Waals surface area contributed by atoms with Crippen LogP contribution in [0.25, 0.3) is 0 Å². The number of hydrogen-bond donors (Lipinski definition) is 1. The highest BCUT2D eigenvalue weighted by atomic mass is 19.1. The van der Waals surface area contributed by atoms with Crippen molar-refractivity contribution in [1.29, 1.82) is 0 Å². The standard InChI is InChI=1S/C13H14FN3O3/c14-11-3-1-10(2-4-11)13(7-17-9-15-8-16-17)19-6-12(5-18)20-13/h1-4,8-9,12,18H,5-7H2. The lowest BCUT2D eigenvalue weighted by molar-refractivity contribution is -0.191. The van der Waals surface area contributed by atoms with Crippen LogP contribution in [0.1, 0.15) is 5.56 Å². The van der Waals surface area contributed by atoms with E-state index in [0.717, 1.165) is 0 Å². The van der Waals surface area contributed by atoms with Gasteiger partial charge >= 0.3 is 0 Å². The average Bonchev–Trinajstić information content (AvgIpc) is 3.10. The number of halogens is 1. The van der Waals surface area contributed by atoms with Gasteiger partial charge in [-0.25, -0.2) is 14.1 Å². The minimum atomic E-state index is -1.09. The zero-order valence-corrected chi connectivity index (χ0v) is 10.6. The molecule has 1 aliphatic rings. The second-order valence-corrected chi connectivity index (χ2v) is 4.59. The van der Waals surface area contributed by atoms with E-state index in [4.69, 9.17) is 9.47 Å². The van der Waals surface area contributed by atoms with Gasteiger partial charge in [-0.1, -0.05) is 12.1 Å². The normalized spacial score (nSPS) is 26.0. The van der Waals surface area contributed by atoms with Gasteiger partial charge in [-0.3, -0.25) is 0 Å². The third-order valence-corrected chi connectivity index (χ3v) is 3.18. The van der Waals surface area contributed by atoms with Gasteiger partial charge in [-0.15, -0.1) is 0 Å². The number of aromatic nitrogens is 3. The fourth-order valence-electron chi connectivity index (χ4n) is 2.21. The Morgan fingerprint density at radius 1 is 1.40 bits per heavy atom. The molecule has 1 aromatic carbocycles. The smallest absolute Gasteiger partial charge is 0.215 e. The molecule has 2 unspecified atom stereocenters. The lowest BCUT2D eigenvalue weighted by Gasteiger charge is -2.28. The molecule has 6 nitrogen and oxygen atoms in total. The molecule has 0 radical (unpaired) electrons. The van der Waals surface area contributed by atoms with Crippen molar-refractivity contribution in [2.75, 3.05) is 13.2 Å². The van der Waals surface area contributed by atoms with Crippen LogP contribution in [0.5, 0.6) is 0 Å². The molecule has 0 spiro atoms. The molecule has 20 heavy (non-hydrogen) atoms. The second kappa shape index (κ2) is 5.28. The van der Waals surface area contributed by atoms with Gasteiger partial charge in [0.25, 0.3) is 0 Å². The maximum absolute atomic E-state index is 13.1. The van der Waals surface area contributed by atoms with Crippen LogP contribution < -0.4 is 0 Å². The summed E-state index contributed by atoms with van der Waals surface area (Å²) in [6.45, 7) is 0.401. The largest absolute Gasteiger partial charge is 0.394 e. The molecule has 2 heterocycles. The number of aliphatic hydroxyl groups is 1. The zero-order chi connectivity index (χ0) is 14.0. The molecule has 1 fully saturated rings. The van der Waals surface area contributed by atoms with E-state index < -0.39 is 11.9 Å². The van der Waals surface area contributed by atoms with Crippen molar-refractivity contribution in [1.82, 2.24) is 14.8 Å². The van der Waals surface area contributed by atoms with Crippen LogP contribution in [-0.2, 0) is 21.8 Å². The number of aliphatic hydroxyl groups excluding tert-OH is 1. The summed E-state index contributed by atoms with van der Waals surface area (Å²) in [7, 11) is 0. The predicted molar refractivity (Wildman–Crippen MR) is 66.0 cm³/mol. The highest BCUT2D eigenvalue weighted by molar-refractivity contribution is 5.22. The van der Waals surface area contributed by atoms with E-state index in [-0.39, 0.29) is 25.6 Å². The van der Waals surface area contributed by atoms with E-state index in [1.54, 1.807) is 23.1 Å². The molecule has 106 valence electrons. The van der Waals surface area contributed by atoms with Crippen LogP contribution in [-0.4, -0.2) is 39.2 Å². The Kier molecular flexibility index (Phi) is 3.47. The van der Waals surface area contributed by atoms with Crippen LogP contribution in [0, 0.1) is 5.82 Å². The van der Waals surface area contributed by atoms with Gasteiger partial charge in [0.1, 0.15) is 31.1 Å². The molecule has 1 N–H and O–H groups in total. The third-order valence-electron chi connectivity index (χ3n) is 3.18. The van der Waals surface area contributed by atoms with Gasteiger partial charge in [0.2, 0.25) is 5.79 Å². The summed E-state index contributed by atoms with van der Waals surface area (Å²) < 4.78 is 26.2. The van der Waals surface area contributed by atoms with Crippen LogP contribution in [0.4, 0.5) is 4.39 Å². The Bertz CT molecular complexity index is 561. The monoisotopic (exact) mass is 279 g/mol. The Balaban J connectivity index is 1.93. The summed E-state index contributed by atoms with van der Waals surface area (Å²) in [5.74, 6) is -1.42. The van der Waals surface area contributed by atoms with Gasteiger partial charge in [0.05, 0.1) is 13.2 Å². The van der Waals surface area contributed by atoms with E-state index in [0.29, 0.717) is 5.56 Å². The summed E-state index contributed by atoms with van der Waals surface area (Å²) in [5.41, 5.74) is 0.672. The Morgan fingerprint density at radius 2 is 2.20 bits per heavy atom. The highest BCUT2D eigenvalue weighted by Gasteiger charge is 2.43. The highest BCUT2D eigenvalue weighted by Crippen LogP contribution is 2.35. The Hall–Kier alpha value is -1.83. The van der Waals surface area contributed by atoms with E-state index >= 15 is 0 Å². The summed E-state index contributed by atoms with van der Waals surface area (Å²) in [6, 6.07) is 5.90. The minimum Gasteiger partial charge on any atom is -0.394 e. The summed E-state index contributed by atoms with van der Waals surface area (Å²) in [6.07, 6.45) is 2.55. The molecule has 1 aliphatic heterocycles. The molecule has 1 aromatic heterocycles. The van der Waals surface area contributed by atoms with E-state index in [1.165, 1.54) is 18.5 Å². The first-order valence-corrected chi connectivity index (χ1v) is 6.23. The molecule has 7 heteroatoms. The molecule has 0 aliphatic carbocycles. The van der Waals surface area contributed by atoms with Crippen molar-refractivity contribution in [3.8, 4) is 0 Å². The molecule has 2 atom stereocenters. The molecule has 2 aromatic rings. The second-order valence-electron chi connectivity index (χ2n) is 4.59. The summed E-state index contributed by atoms with van der Waals surface area (Å²) in [5, 5.41) is 13.2. The summed E-state index contributed by atoms with van der Waals surface area (Å²) >= 11 is 0. The van der Waals surface area contributed by atoms with Crippen molar-refractivity contribution in [3.05, 3.63) is 48.3 Å². The van der Waals surface area contributed by atoms with Crippen molar-refractivity contribution < 1.29 is 19.0 Å². The number of ether oxygens (including phenoxy) is 2. The first-order chi connectivity index (χ1) is 9.72. The molecular weight excluding hydrogens is 265 g/mol. The maximum Gasteiger partial charge on any atom is 0.215 e. The van der Waals surface area contributed by atoms with E-state index in [9.17, 15) is 9.50 Å². The number of nitrogens with zero attached hydrogens (tertiary/aromatic N) is 3. The lowest BCUT2D eigenvalue weighted by atomic mass is 10.1. The van der Waals surface area contributed by atoms with Crippen molar-refractivity contribution in [2.24, 2.45) is 0 Å². The van der Waals surface area contributed by atoms with Crippen LogP contribution in [0.3, 0.4) is 0 Å². The van der Waals surface area contributed by atoms with Crippen LogP contribution in [0.15, 0.2) is 36.9 Å². The van der Waals surface area contributed by atoms with Gasteiger partial charge in [0.15, 0.2) is 0 Å². The number of benzene rings is 1. The van der Waals surface area contributed by atoms with Gasteiger partial charge in [-0.05, 0) is 12.1 Å². The van der Waals surface area contributed by atoms with Gasteiger partial charge in [0, 0.05) is 5.56 Å². The summed E-state index contributed by atoms with van der Waals surface area (Å²) in [4.78, 5) is 3.87. The number of rotatable bonds is 4. The maximum atomic E-state index is 13.1. The fourth-order valence-corrected chi connectivity index (χ4v) is 2.21. The van der Waals surface area contributed by atoms with Crippen molar-refractivity contribution in [3.63, 3.8) is 0 Å². The first-order valence-electron chi connectivity index (χ1n) is 6.23. The van der Waals surface area contributed by atoms with E-state index in [2.05, 4.69) is 10.1 Å². The molecular formula is C13H14FN3O3. The van der Waals surface area contributed by atoms with Crippen LogP contribution >= 0.6 is 0 Å². The Labute approximate surface area is 114 Å². The predicted octanol–water partition coefficient (Wildman–Crippen LogP) is 0.678. The topological polar surface area (TPSA) is 69.4 Å². The van der Waals surface area contributed by atoms with E-state index in [1.807, 2.05) is 0 Å². The third kappa shape index (κ3) is 2.43. The molecule has 0 bridgehead atoms. The quantitative estimate of drug-likeness (QED) is 0.891. The Morgan fingerprint density at radius 3 is 2.80 bits per heavy atom. The zero-order valence-electron chi connectivity index (χ0n) is 10.6. The molecule has 1 saturated heterocycles.